The van der Waals surface area contributed by atoms with Gasteiger partial charge in [-0.2, -0.15) is 0 Å². The monoisotopic (exact) mass is 264 g/mol. The van der Waals surface area contributed by atoms with Crippen LogP contribution in [0, 0.1) is 0 Å². The van der Waals surface area contributed by atoms with Crippen molar-refractivity contribution in [1.82, 2.24) is 14.8 Å². The van der Waals surface area contributed by atoms with Gasteiger partial charge in [-0.25, -0.2) is 4.98 Å². The highest BCUT2D eigenvalue weighted by Crippen LogP contribution is 2.08. The number of rotatable bonds is 3. The van der Waals surface area contributed by atoms with Gasteiger partial charge >= 0.3 is 5.97 Å². The van der Waals surface area contributed by atoms with Crippen molar-refractivity contribution in [1.29, 1.82) is 0 Å². The molecule has 1 amide bonds. The Hall–Kier alpha value is -2.15. The van der Waals surface area contributed by atoms with Gasteiger partial charge in [-0.3, -0.25) is 14.5 Å². The van der Waals surface area contributed by atoms with Crippen molar-refractivity contribution in [3.63, 3.8) is 0 Å². The molecule has 7 heteroatoms. The molecule has 0 radical (unpaired) electrons. The van der Waals surface area contributed by atoms with E-state index in [0.29, 0.717) is 37.6 Å². The van der Waals surface area contributed by atoms with Gasteiger partial charge in [0, 0.05) is 26.2 Å². The highest BCUT2D eigenvalue weighted by atomic mass is 16.4. The minimum Gasteiger partial charge on any atom is -0.480 e. The van der Waals surface area contributed by atoms with Crippen molar-refractivity contribution in [2.75, 3.05) is 38.5 Å². The highest BCUT2D eigenvalue weighted by Gasteiger charge is 2.23. The maximum atomic E-state index is 12.1. The normalized spacial score (nSPS) is 16.3. The van der Waals surface area contributed by atoms with Crippen LogP contribution in [0.5, 0.6) is 0 Å². The summed E-state index contributed by atoms with van der Waals surface area (Å²) < 4.78 is 0. The third-order valence-corrected chi connectivity index (χ3v) is 3.02. The summed E-state index contributed by atoms with van der Waals surface area (Å²) in [5.74, 6) is -0.991. The summed E-state index contributed by atoms with van der Waals surface area (Å²) >= 11 is 0. The number of carboxylic acids is 1. The van der Waals surface area contributed by atoms with Crippen LogP contribution in [0.1, 0.15) is 10.5 Å². The standard InChI is InChI=1S/C12H16N4O3/c13-9-1-2-10(14-7-9)12(19)16-5-3-15(4-6-16)8-11(17)18/h1-2,7H,3-6,8,13H2,(H,17,18). The smallest absolute Gasteiger partial charge is 0.317 e. The molecule has 7 nitrogen and oxygen atoms in total. The zero-order valence-electron chi connectivity index (χ0n) is 10.5. The lowest BCUT2D eigenvalue weighted by Gasteiger charge is -2.33. The van der Waals surface area contributed by atoms with E-state index in [4.69, 9.17) is 10.8 Å². The lowest BCUT2D eigenvalue weighted by molar-refractivity contribution is -0.138. The molecule has 1 aliphatic heterocycles. The van der Waals surface area contributed by atoms with Crippen LogP contribution in [-0.2, 0) is 4.79 Å². The summed E-state index contributed by atoms with van der Waals surface area (Å²) in [5.41, 5.74) is 6.40. The molecule has 1 aliphatic rings. The average molecular weight is 264 g/mol. The van der Waals surface area contributed by atoms with Gasteiger partial charge in [-0.1, -0.05) is 0 Å². The maximum absolute atomic E-state index is 12.1. The summed E-state index contributed by atoms with van der Waals surface area (Å²) in [6.07, 6.45) is 1.45. The van der Waals surface area contributed by atoms with Crippen molar-refractivity contribution in [2.45, 2.75) is 0 Å². The number of nitrogens with two attached hydrogens (primary N) is 1. The molecule has 1 fully saturated rings. The van der Waals surface area contributed by atoms with E-state index in [-0.39, 0.29) is 12.5 Å². The van der Waals surface area contributed by atoms with Crippen molar-refractivity contribution in [3.05, 3.63) is 24.0 Å². The summed E-state index contributed by atoms with van der Waals surface area (Å²) in [7, 11) is 0. The van der Waals surface area contributed by atoms with Crippen molar-refractivity contribution >= 4 is 17.6 Å². The molecule has 0 aliphatic carbocycles. The largest absolute Gasteiger partial charge is 0.480 e. The fraction of sp³-hybridized carbons (Fsp3) is 0.417. The van der Waals surface area contributed by atoms with E-state index in [9.17, 15) is 9.59 Å². The molecule has 0 unspecified atom stereocenters. The molecule has 1 aromatic rings. The van der Waals surface area contributed by atoms with E-state index in [2.05, 4.69) is 4.98 Å². The van der Waals surface area contributed by atoms with Gasteiger partial charge in [0.25, 0.3) is 5.91 Å². The van der Waals surface area contributed by atoms with Crippen LogP contribution < -0.4 is 5.73 Å². The predicted octanol–water partition coefficient (Wildman–Crippen LogP) is -0.494. The summed E-state index contributed by atoms with van der Waals surface area (Å²) in [6.45, 7) is 2.17. The van der Waals surface area contributed by atoms with E-state index in [1.807, 2.05) is 4.90 Å². The second kappa shape index (κ2) is 5.66. The predicted molar refractivity (Wildman–Crippen MR) is 68.6 cm³/mol. The fourth-order valence-electron chi connectivity index (χ4n) is 1.99. The Labute approximate surface area is 110 Å². The van der Waals surface area contributed by atoms with Gasteiger partial charge in [-0.15, -0.1) is 0 Å². The zero-order valence-corrected chi connectivity index (χ0v) is 10.5. The molecule has 1 saturated heterocycles. The van der Waals surface area contributed by atoms with Crippen LogP contribution in [-0.4, -0.2) is 64.5 Å². The van der Waals surface area contributed by atoms with E-state index in [1.165, 1.54) is 6.20 Å². The third-order valence-electron chi connectivity index (χ3n) is 3.02. The molecule has 2 heterocycles. The van der Waals surface area contributed by atoms with Gasteiger partial charge in [0.05, 0.1) is 18.4 Å². The van der Waals surface area contributed by atoms with Crippen LogP contribution in [0.15, 0.2) is 18.3 Å². The Bertz CT molecular complexity index is 466. The Morgan fingerprint density at radius 2 is 1.95 bits per heavy atom. The first-order valence-corrected chi connectivity index (χ1v) is 6.01. The Kier molecular flexibility index (Phi) is 3.96. The Morgan fingerprint density at radius 3 is 2.47 bits per heavy atom. The Morgan fingerprint density at radius 1 is 1.26 bits per heavy atom. The number of piperazine rings is 1. The van der Waals surface area contributed by atoms with E-state index in [1.54, 1.807) is 17.0 Å². The zero-order chi connectivity index (χ0) is 13.8. The number of anilines is 1. The molecule has 3 N–H and O–H groups in total. The molecule has 1 aromatic heterocycles. The summed E-state index contributed by atoms with van der Waals surface area (Å²) in [4.78, 5) is 30.2. The maximum Gasteiger partial charge on any atom is 0.317 e. The molecule has 102 valence electrons. The average Bonchev–Trinajstić information content (AvgIpc) is 2.39. The number of carbonyl (C=O) groups excluding carboxylic acids is 1. The second-order valence-electron chi connectivity index (χ2n) is 4.44. The number of amides is 1. The molecule has 0 atom stereocenters. The first-order chi connectivity index (χ1) is 9.06. The number of hydrogen-bond donors (Lipinski definition) is 2. The van der Waals surface area contributed by atoms with Gasteiger partial charge in [0.1, 0.15) is 5.69 Å². The lowest BCUT2D eigenvalue weighted by atomic mass is 10.2. The summed E-state index contributed by atoms with van der Waals surface area (Å²) in [6, 6.07) is 3.24. The molecule has 0 saturated carbocycles. The van der Waals surface area contributed by atoms with Crippen molar-refractivity contribution in [2.24, 2.45) is 0 Å². The quantitative estimate of drug-likeness (QED) is 0.764. The van der Waals surface area contributed by atoms with Crippen molar-refractivity contribution < 1.29 is 14.7 Å². The van der Waals surface area contributed by atoms with Gasteiger partial charge in [0.15, 0.2) is 0 Å². The topological polar surface area (TPSA) is 99.8 Å². The van der Waals surface area contributed by atoms with Gasteiger partial charge in [-0.05, 0) is 12.1 Å². The summed E-state index contributed by atoms with van der Waals surface area (Å²) in [5, 5.41) is 8.70. The van der Waals surface area contributed by atoms with Gasteiger partial charge < -0.3 is 15.7 Å². The highest BCUT2D eigenvalue weighted by molar-refractivity contribution is 5.92. The number of carbonyl (C=O) groups is 2. The van der Waals surface area contributed by atoms with Gasteiger partial charge in [0.2, 0.25) is 0 Å². The number of aliphatic carboxylic acids is 1. The molecule has 2 rings (SSSR count). The van der Waals surface area contributed by atoms with Crippen molar-refractivity contribution in [3.8, 4) is 0 Å². The number of pyridine rings is 1. The number of hydrogen-bond acceptors (Lipinski definition) is 5. The molecule has 0 bridgehead atoms. The fourth-order valence-corrected chi connectivity index (χ4v) is 1.99. The SMILES string of the molecule is Nc1ccc(C(=O)N2CCN(CC(=O)O)CC2)nc1. The minimum atomic E-state index is -0.847. The Balaban J connectivity index is 1.92. The van der Waals surface area contributed by atoms with Crippen LogP contribution in [0.25, 0.3) is 0 Å². The first kappa shape index (κ1) is 13.3. The van der Waals surface area contributed by atoms with Crippen LogP contribution >= 0.6 is 0 Å². The number of aromatic nitrogens is 1. The second-order valence-corrected chi connectivity index (χ2v) is 4.44. The third kappa shape index (κ3) is 3.41. The van der Waals surface area contributed by atoms with E-state index >= 15 is 0 Å². The van der Waals surface area contributed by atoms with Crippen LogP contribution in [0.3, 0.4) is 0 Å². The lowest BCUT2D eigenvalue weighted by Crippen LogP contribution is -2.50. The molecule has 0 aromatic carbocycles. The molecular formula is C12H16N4O3. The van der Waals surface area contributed by atoms with E-state index < -0.39 is 5.97 Å². The molecular weight excluding hydrogens is 248 g/mol. The van der Waals surface area contributed by atoms with Crippen LogP contribution in [0.2, 0.25) is 0 Å². The van der Waals surface area contributed by atoms with E-state index in [0.717, 1.165) is 0 Å². The number of nitrogen functional groups attached to an aromatic ring is 1. The van der Waals surface area contributed by atoms with Crippen LogP contribution in [0.4, 0.5) is 5.69 Å². The first-order valence-electron chi connectivity index (χ1n) is 6.01. The minimum absolute atomic E-state index is 0.0160. The molecule has 19 heavy (non-hydrogen) atoms. The molecule has 0 spiro atoms. The number of nitrogens with zero attached hydrogens (tertiary/aromatic N) is 3. The number of carboxylic acid groups (broad SMARTS) is 1.